The third-order valence-electron chi connectivity index (χ3n) is 2.46. The molecule has 1 heterocycles. The molecule has 0 aromatic heterocycles. The summed E-state index contributed by atoms with van der Waals surface area (Å²) in [6.07, 6.45) is 1.52. The van der Waals surface area contributed by atoms with E-state index < -0.39 is 11.6 Å². The van der Waals surface area contributed by atoms with E-state index in [1.807, 2.05) is 18.9 Å². The van der Waals surface area contributed by atoms with Gasteiger partial charge in [0.25, 0.3) is 0 Å². The van der Waals surface area contributed by atoms with Gasteiger partial charge in [0, 0.05) is 13.2 Å². The molecule has 0 radical (unpaired) electrons. The molecular formula is C9H17NO3. The summed E-state index contributed by atoms with van der Waals surface area (Å²) in [5.74, 6) is -0.832. The van der Waals surface area contributed by atoms with Crippen LogP contribution in [0.15, 0.2) is 0 Å². The lowest BCUT2D eigenvalue weighted by Gasteiger charge is -2.37. The summed E-state index contributed by atoms with van der Waals surface area (Å²) in [5, 5.41) is 9.09. The summed E-state index contributed by atoms with van der Waals surface area (Å²) in [6.45, 7) is 3.75. The van der Waals surface area contributed by atoms with Crippen LogP contribution in [0, 0.1) is 0 Å². The molecule has 13 heavy (non-hydrogen) atoms. The Balaban J connectivity index is 2.70. The quantitative estimate of drug-likeness (QED) is 0.702. The van der Waals surface area contributed by atoms with Crippen LogP contribution in [-0.2, 0) is 9.53 Å². The van der Waals surface area contributed by atoms with Gasteiger partial charge < -0.3 is 14.7 Å². The number of aliphatic carboxylic acids is 1. The number of carbonyl (C=O) groups is 1. The van der Waals surface area contributed by atoms with Crippen LogP contribution in [-0.4, -0.2) is 48.3 Å². The van der Waals surface area contributed by atoms with E-state index in [1.54, 1.807) is 0 Å². The number of ether oxygens (including phenoxy) is 1. The van der Waals surface area contributed by atoms with Crippen molar-refractivity contribution in [3.8, 4) is 0 Å². The highest BCUT2D eigenvalue weighted by Gasteiger charge is 2.42. The Hall–Kier alpha value is -0.610. The van der Waals surface area contributed by atoms with Gasteiger partial charge in [-0.2, -0.15) is 0 Å². The van der Waals surface area contributed by atoms with Crippen LogP contribution in [0.5, 0.6) is 0 Å². The zero-order chi connectivity index (χ0) is 9.90. The van der Waals surface area contributed by atoms with Crippen molar-refractivity contribution < 1.29 is 14.6 Å². The number of likely N-dealkylation sites (tertiary alicyclic amines) is 1. The van der Waals surface area contributed by atoms with Gasteiger partial charge in [0.05, 0.1) is 0 Å². The second kappa shape index (κ2) is 4.07. The first-order valence-corrected chi connectivity index (χ1v) is 4.66. The van der Waals surface area contributed by atoms with Crippen LogP contribution < -0.4 is 0 Å². The van der Waals surface area contributed by atoms with Gasteiger partial charge in [-0.1, -0.05) is 0 Å². The van der Waals surface area contributed by atoms with E-state index in [-0.39, 0.29) is 0 Å². The summed E-state index contributed by atoms with van der Waals surface area (Å²) in [5.41, 5.74) is -0.957. The lowest BCUT2D eigenvalue weighted by atomic mass is 9.93. The zero-order valence-corrected chi connectivity index (χ0v) is 8.25. The smallest absolute Gasteiger partial charge is 0.337 e. The van der Waals surface area contributed by atoms with Crippen LogP contribution >= 0.6 is 0 Å². The molecule has 0 aromatic rings. The number of carboxylic acid groups (broad SMARTS) is 1. The fourth-order valence-corrected chi connectivity index (χ4v) is 1.86. The minimum Gasteiger partial charge on any atom is -0.479 e. The summed E-state index contributed by atoms with van der Waals surface area (Å²) < 4.78 is 5.36. The highest BCUT2D eigenvalue weighted by Crippen LogP contribution is 2.24. The van der Waals surface area contributed by atoms with Gasteiger partial charge in [-0.15, -0.1) is 0 Å². The molecule has 1 unspecified atom stereocenters. The van der Waals surface area contributed by atoms with Crippen LogP contribution in [0.1, 0.15) is 19.8 Å². The number of hydrogen-bond acceptors (Lipinski definition) is 3. The van der Waals surface area contributed by atoms with Crippen molar-refractivity contribution in [1.82, 2.24) is 4.90 Å². The van der Waals surface area contributed by atoms with E-state index in [0.29, 0.717) is 19.6 Å². The molecule has 0 bridgehead atoms. The number of carboxylic acids is 1. The number of rotatable bonds is 3. The molecule has 1 atom stereocenters. The topological polar surface area (TPSA) is 49.8 Å². The van der Waals surface area contributed by atoms with Crippen molar-refractivity contribution in [3.63, 3.8) is 0 Å². The Morgan fingerprint density at radius 3 is 2.85 bits per heavy atom. The van der Waals surface area contributed by atoms with Crippen molar-refractivity contribution >= 4 is 5.97 Å². The maximum absolute atomic E-state index is 11.1. The first-order valence-electron chi connectivity index (χ1n) is 4.66. The number of nitrogens with zero attached hydrogens (tertiary/aromatic N) is 1. The monoisotopic (exact) mass is 187 g/mol. The van der Waals surface area contributed by atoms with E-state index in [1.165, 1.54) is 0 Å². The maximum Gasteiger partial charge on any atom is 0.337 e. The summed E-state index contributed by atoms with van der Waals surface area (Å²) >= 11 is 0. The minimum absolute atomic E-state index is 0.458. The first kappa shape index (κ1) is 10.5. The molecule has 0 aromatic carbocycles. The van der Waals surface area contributed by atoms with Crippen molar-refractivity contribution in [2.24, 2.45) is 0 Å². The molecule has 4 nitrogen and oxygen atoms in total. The Morgan fingerprint density at radius 2 is 2.38 bits per heavy atom. The second-order valence-corrected chi connectivity index (χ2v) is 3.57. The Labute approximate surface area is 78.5 Å². The molecule has 0 spiro atoms. The van der Waals surface area contributed by atoms with Gasteiger partial charge in [0.2, 0.25) is 0 Å². The SMILES string of the molecule is CCOC1(C(=O)O)CCCN(C)C1. The van der Waals surface area contributed by atoms with E-state index in [4.69, 9.17) is 9.84 Å². The van der Waals surface area contributed by atoms with Crippen molar-refractivity contribution in [3.05, 3.63) is 0 Å². The molecule has 0 saturated carbocycles. The second-order valence-electron chi connectivity index (χ2n) is 3.57. The number of likely N-dealkylation sites (N-methyl/N-ethyl adjacent to an activating group) is 1. The molecule has 1 saturated heterocycles. The average Bonchev–Trinajstić information content (AvgIpc) is 2.04. The predicted octanol–water partition coefficient (Wildman–Crippen LogP) is 0.572. The molecule has 1 N–H and O–H groups in total. The molecule has 1 rings (SSSR count). The Morgan fingerprint density at radius 1 is 1.69 bits per heavy atom. The summed E-state index contributed by atoms with van der Waals surface area (Å²) in [4.78, 5) is 13.1. The first-order chi connectivity index (χ1) is 6.10. The maximum atomic E-state index is 11.1. The normalized spacial score (nSPS) is 30.3. The fraction of sp³-hybridized carbons (Fsp3) is 0.889. The number of hydrogen-bond donors (Lipinski definition) is 1. The van der Waals surface area contributed by atoms with E-state index >= 15 is 0 Å². The van der Waals surface area contributed by atoms with Crippen LogP contribution in [0.25, 0.3) is 0 Å². The molecule has 1 aliphatic rings. The van der Waals surface area contributed by atoms with Crippen LogP contribution in [0.4, 0.5) is 0 Å². The van der Waals surface area contributed by atoms with E-state index in [2.05, 4.69) is 0 Å². The van der Waals surface area contributed by atoms with E-state index in [9.17, 15) is 4.79 Å². The Kier molecular flexibility index (Phi) is 3.27. The molecule has 1 fully saturated rings. The standard InChI is InChI=1S/C9H17NO3/c1-3-13-9(8(11)12)5-4-6-10(2)7-9/h3-7H2,1-2H3,(H,11,12). The molecule has 0 amide bonds. The minimum atomic E-state index is -0.957. The predicted molar refractivity (Wildman–Crippen MR) is 48.7 cm³/mol. The molecule has 0 aliphatic carbocycles. The van der Waals surface area contributed by atoms with Gasteiger partial charge in [0.1, 0.15) is 0 Å². The van der Waals surface area contributed by atoms with Gasteiger partial charge >= 0.3 is 5.97 Å². The van der Waals surface area contributed by atoms with E-state index in [0.717, 1.165) is 13.0 Å². The highest BCUT2D eigenvalue weighted by molar-refractivity contribution is 5.78. The van der Waals surface area contributed by atoms with Crippen molar-refractivity contribution in [2.45, 2.75) is 25.4 Å². The van der Waals surface area contributed by atoms with Gasteiger partial charge in [-0.3, -0.25) is 0 Å². The van der Waals surface area contributed by atoms with Crippen LogP contribution in [0.3, 0.4) is 0 Å². The lowest BCUT2D eigenvalue weighted by Crippen LogP contribution is -2.53. The summed E-state index contributed by atoms with van der Waals surface area (Å²) in [6, 6.07) is 0. The van der Waals surface area contributed by atoms with Crippen LogP contribution in [0.2, 0.25) is 0 Å². The van der Waals surface area contributed by atoms with Gasteiger partial charge in [0.15, 0.2) is 5.60 Å². The molecule has 1 aliphatic heterocycles. The molecular weight excluding hydrogens is 170 g/mol. The highest BCUT2D eigenvalue weighted by atomic mass is 16.5. The fourth-order valence-electron chi connectivity index (χ4n) is 1.86. The molecule has 76 valence electrons. The number of piperidine rings is 1. The average molecular weight is 187 g/mol. The Bertz CT molecular complexity index is 191. The largest absolute Gasteiger partial charge is 0.479 e. The van der Waals surface area contributed by atoms with Crippen molar-refractivity contribution in [1.29, 1.82) is 0 Å². The zero-order valence-electron chi connectivity index (χ0n) is 8.25. The van der Waals surface area contributed by atoms with Gasteiger partial charge in [-0.25, -0.2) is 4.79 Å². The summed E-state index contributed by atoms with van der Waals surface area (Å²) in [7, 11) is 1.93. The molecule has 4 heteroatoms. The van der Waals surface area contributed by atoms with Crippen molar-refractivity contribution in [2.75, 3.05) is 26.7 Å². The third-order valence-corrected chi connectivity index (χ3v) is 2.46. The lowest BCUT2D eigenvalue weighted by molar-refractivity contribution is -0.172. The third kappa shape index (κ3) is 2.19. The van der Waals surface area contributed by atoms with Gasteiger partial charge in [-0.05, 0) is 33.4 Å².